The first-order valence-corrected chi connectivity index (χ1v) is 8.14. The van der Waals surface area contributed by atoms with Gasteiger partial charge >= 0.3 is 0 Å². The summed E-state index contributed by atoms with van der Waals surface area (Å²) in [5.74, 6) is 2.33. The number of benzene rings is 1. The average molecular weight is 293 g/mol. The number of hydrogen-bond acceptors (Lipinski definition) is 4. The zero-order chi connectivity index (χ0) is 14.8. The first-order chi connectivity index (χ1) is 10.4. The van der Waals surface area contributed by atoms with Crippen LogP contribution in [-0.2, 0) is 0 Å². The standard InChI is InChI=1S/C17H27NO3/c1-2-3-4-10-18-11-5-6-12-19-15-8-7-9-16-17(15)21-14-13-20-16/h7-9,18H,2-6,10-14H2,1H3. The summed E-state index contributed by atoms with van der Waals surface area (Å²) in [5.41, 5.74) is 0. The Morgan fingerprint density at radius 2 is 1.86 bits per heavy atom. The summed E-state index contributed by atoms with van der Waals surface area (Å²) < 4.78 is 17.0. The predicted octanol–water partition coefficient (Wildman–Crippen LogP) is 3.40. The fourth-order valence-electron chi connectivity index (χ4n) is 2.32. The highest BCUT2D eigenvalue weighted by Crippen LogP contribution is 2.38. The molecule has 0 saturated heterocycles. The third kappa shape index (κ3) is 5.46. The number of nitrogens with one attached hydrogen (secondary N) is 1. The smallest absolute Gasteiger partial charge is 0.203 e. The van der Waals surface area contributed by atoms with Crippen LogP contribution < -0.4 is 19.5 Å². The lowest BCUT2D eigenvalue weighted by atomic mass is 10.2. The summed E-state index contributed by atoms with van der Waals surface area (Å²) in [7, 11) is 0. The Bertz CT molecular complexity index is 409. The van der Waals surface area contributed by atoms with E-state index in [1.165, 1.54) is 19.3 Å². The molecule has 0 saturated carbocycles. The maximum atomic E-state index is 5.82. The highest BCUT2D eigenvalue weighted by atomic mass is 16.6. The van der Waals surface area contributed by atoms with Gasteiger partial charge in [-0.2, -0.15) is 0 Å². The molecule has 0 bridgehead atoms. The van der Waals surface area contributed by atoms with Crippen LogP contribution in [0.25, 0.3) is 0 Å². The number of hydrogen-bond donors (Lipinski definition) is 1. The molecule has 0 aliphatic carbocycles. The topological polar surface area (TPSA) is 39.7 Å². The number of para-hydroxylation sites is 1. The molecule has 4 heteroatoms. The van der Waals surface area contributed by atoms with Crippen LogP contribution in [0.15, 0.2) is 18.2 Å². The van der Waals surface area contributed by atoms with Crippen molar-refractivity contribution in [3.63, 3.8) is 0 Å². The van der Waals surface area contributed by atoms with E-state index in [9.17, 15) is 0 Å². The van der Waals surface area contributed by atoms with E-state index in [0.29, 0.717) is 13.2 Å². The normalized spacial score (nSPS) is 13.2. The summed E-state index contributed by atoms with van der Waals surface area (Å²) in [4.78, 5) is 0. The SMILES string of the molecule is CCCCCNCCCCOc1cccc2c1OCCO2. The van der Waals surface area contributed by atoms with E-state index in [4.69, 9.17) is 14.2 Å². The fourth-order valence-corrected chi connectivity index (χ4v) is 2.32. The molecule has 0 radical (unpaired) electrons. The Morgan fingerprint density at radius 3 is 2.71 bits per heavy atom. The predicted molar refractivity (Wildman–Crippen MR) is 84.6 cm³/mol. The van der Waals surface area contributed by atoms with Crippen LogP contribution in [0, 0.1) is 0 Å². The minimum absolute atomic E-state index is 0.592. The minimum Gasteiger partial charge on any atom is -0.490 e. The number of ether oxygens (including phenoxy) is 3. The van der Waals surface area contributed by atoms with Crippen LogP contribution in [0.5, 0.6) is 17.2 Å². The van der Waals surface area contributed by atoms with Crippen LogP contribution >= 0.6 is 0 Å². The molecule has 1 aromatic rings. The summed E-state index contributed by atoms with van der Waals surface area (Å²) in [5, 5.41) is 3.47. The van der Waals surface area contributed by atoms with Crippen molar-refractivity contribution in [1.82, 2.24) is 5.32 Å². The van der Waals surface area contributed by atoms with Gasteiger partial charge in [-0.3, -0.25) is 0 Å². The zero-order valence-electron chi connectivity index (χ0n) is 13.0. The second kappa shape index (κ2) is 9.50. The summed E-state index contributed by atoms with van der Waals surface area (Å²) >= 11 is 0. The Morgan fingerprint density at radius 1 is 1.05 bits per heavy atom. The molecule has 1 heterocycles. The Balaban J connectivity index is 1.59. The van der Waals surface area contributed by atoms with Crippen LogP contribution in [0.4, 0.5) is 0 Å². The van der Waals surface area contributed by atoms with E-state index in [0.717, 1.165) is 49.8 Å². The monoisotopic (exact) mass is 293 g/mol. The van der Waals surface area contributed by atoms with E-state index in [1.54, 1.807) is 0 Å². The van der Waals surface area contributed by atoms with E-state index < -0.39 is 0 Å². The van der Waals surface area contributed by atoms with Gasteiger partial charge in [-0.15, -0.1) is 0 Å². The highest BCUT2D eigenvalue weighted by Gasteiger charge is 2.16. The molecule has 21 heavy (non-hydrogen) atoms. The number of rotatable bonds is 10. The second-order valence-electron chi connectivity index (χ2n) is 5.29. The third-order valence-corrected chi connectivity index (χ3v) is 3.49. The lowest BCUT2D eigenvalue weighted by molar-refractivity contribution is 0.161. The van der Waals surface area contributed by atoms with Gasteiger partial charge in [0.25, 0.3) is 0 Å². The van der Waals surface area contributed by atoms with Crippen molar-refractivity contribution in [2.45, 2.75) is 39.0 Å². The molecule has 0 unspecified atom stereocenters. The summed E-state index contributed by atoms with van der Waals surface area (Å²) in [6, 6.07) is 5.80. The Hall–Kier alpha value is -1.42. The molecule has 1 aromatic carbocycles. The molecule has 0 aromatic heterocycles. The van der Waals surface area contributed by atoms with Crippen LogP contribution in [0.3, 0.4) is 0 Å². The molecule has 1 N–H and O–H groups in total. The van der Waals surface area contributed by atoms with Gasteiger partial charge in [0.1, 0.15) is 13.2 Å². The highest BCUT2D eigenvalue weighted by molar-refractivity contribution is 5.51. The van der Waals surface area contributed by atoms with Crippen molar-refractivity contribution in [3.8, 4) is 17.2 Å². The van der Waals surface area contributed by atoms with Gasteiger partial charge in [-0.1, -0.05) is 25.8 Å². The maximum Gasteiger partial charge on any atom is 0.203 e. The van der Waals surface area contributed by atoms with Crippen molar-refractivity contribution in [3.05, 3.63) is 18.2 Å². The second-order valence-corrected chi connectivity index (χ2v) is 5.29. The molecule has 4 nitrogen and oxygen atoms in total. The molecule has 1 aliphatic heterocycles. The number of fused-ring (bicyclic) bond motifs is 1. The lowest BCUT2D eigenvalue weighted by Gasteiger charge is -2.20. The van der Waals surface area contributed by atoms with Gasteiger partial charge in [0.15, 0.2) is 11.5 Å². The average Bonchev–Trinajstić information content (AvgIpc) is 2.53. The maximum absolute atomic E-state index is 5.82. The van der Waals surface area contributed by atoms with Crippen LogP contribution in [0.1, 0.15) is 39.0 Å². The van der Waals surface area contributed by atoms with Gasteiger partial charge in [-0.25, -0.2) is 0 Å². The number of unbranched alkanes of at least 4 members (excludes halogenated alkanes) is 3. The molecule has 1 aliphatic rings. The van der Waals surface area contributed by atoms with Crippen LogP contribution in [-0.4, -0.2) is 32.9 Å². The molecule has 0 spiro atoms. The quantitative estimate of drug-likeness (QED) is 0.671. The Kier molecular flexibility index (Phi) is 7.22. The lowest BCUT2D eigenvalue weighted by Crippen LogP contribution is -2.17. The van der Waals surface area contributed by atoms with Crippen molar-refractivity contribution in [2.75, 3.05) is 32.9 Å². The first kappa shape index (κ1) is 16.0. The fraction of sp³-hybridized carbons (Fsp3) is 0.647. The molecule has 2 rings (SSSR count). The molecule has 0 atom stereocenters. The van der Waals surface area contributed by atoms with Crippen molar-refractivity contribution < 1.29 is 14.2 Å². The van der Waals surface area contributed by atoms with Crippen molar-refractivity contribution in [2.24, 2.45) is 0 Å². The molecular formula is C17H27NO3. The molecule has 118 valence electrons. The van der Waals surface area contributed by atoms with Crippen molar-refractivity contribution >= 4 is 0 Å². The van der Waals surface area contributed by atoms with Gasteiger partial charge in [-0.05, 0) is 44.5 Å². The van der Waals surface area contributed by atoms with Gasteiger partial charge < -0.3 is 19.5 Å². The third-order valence-electron chi connectivity index (χ3n) is 3.49. The van der Waals surface area contributed by atoms with E-state index >= 15 is 0 Å². The molecular weight excluding hydrogens is 266 g/mol. The minimum atomic E-state index is 0.592. The Labute approximate surface area is 127 Å². The van der Waals surface area contributed by atoms with Crippen molar-refractivity contribution in [1.29, 1.82) is 0 Å². The van der Waals surface area contributed by atoms with E-state index in [1.807, 2.05) is 18.2 Å². The largest absolute Gasteiger partial charge is 0.490 e. The summed E-state index contributed by atoms with van der Waals surface area (Å²) in [6.07, 6.45) is 6.06. The van der Waals surface area contributed by atoms with E-state index in [2.05, 4.69) is 12.2 Å². The zero-order valence-corrected chi connectivity index (χ0v) is 13.0. The molecule has 0 fully saturated rings. The summed E-state index contributed by atoms with van der Waals surface area (Å²) in [6.45, 7) is 6.35. The van der Waals surface area contributed by atoms with Gasteiger partial charge in [0, 0.05) is 0 Å². The van der Waals surface area contributed by atoms with Gasteiger partial charge in [0.05, 0.1) is 6.61 Å². The first-order valence-electron chi connectivity index (χ1n) is 8.14. The van der Waals surface area contributed by atoms with Crippen LogP contribution in [0.2, 0.25) is 0 Å². The van der Waals surface area contributed by atoms with Gasteiger partial charge in [0.2, 0.25) is 5.75 Å². The molecule has 0 amide bonds. The van der Waals surface area contributed by atoms with E-state index in [-0.39, 0.29) is 0 Å².